The number of nitrogens with one attached hydrogen (secondary N) is 2. The number of carbonyl (C=O) groups is 1. The van der Waals surface area contributed by atoms with Crippen molar-refractivity contribution in [2.45, 2.75) is 70.2 Å². The second kappa shape index (κ2) is 17.2. The molecule has 4 rings (SSSR count). The molecule has 0 aliphatic heterocycles. The fourth-order valence-electron chi connectivity index (χ4n) is 5.33. The number of carbonyl (C=O) groups excluding carboxylic acids is 1. The first-order chi connectivity index (χ1) is 22.6. The van der Waals surface area contributed by atoms with Crippen LogP contribution in [0.5, 0.6) is 5.75 Å². The zero-order valence-electron chi connectivity index (χ0n) is 28.3. The first-order valence-electron chi connectivity index (χ1n) is 16.2. The van der Waals surface area contributed by atoms with Gasteiger partial charge in [-0.15, -0.1) is 4.47 Å². The molecule has 0 saturated heterocycles. The van der Waals surface area contributed by atoms with Crippen LogP contribution in [0.4, 0.5) is 4.79 Å². The number of hydrogen-bond acceptors (Lipinski definition) is 6. The van der Waals surface area contributed by atoms with E-state index in [0.29, 0.717) is 38.3 Å². The third-order valence-electron chi connectivity index (χ3n) is 8.12. The van der Waals surface area contributed by atoms with Gasteiger partial charge in [0, 0.05) is 31.0 Å². The Morgan fingerprint density at radius 3 is 2.19 bits per heavy atom. The number of nitrogens with zero attached hydrogens (tertiary/aromatic N) is 2. The van der Waals surface area contributed by atoms with E-state index in [4.69, 9.17) is 10.1 Å². The number of aryl methyl sites for hydroxylation is 1. The summed E-state index contributed by atoms with van der Waals surface area (Å²) in [6, 6.07) is 32.6. The van der Waals surface area contributed by atoms with Gasteiger partial charge < -0.3 is 15.3 Å². The van der Waals surface area contributed by atoms with Crippen molar-refractivity contribution in [2.75, 3.05) is 20.2 Å². The summed E-state index contributed by atoms with van der Waals surface area (Å²) in [6.45, 7) is 9.79. The highest BCUT2D eigenvalue weighted by molar-refractivity contribution is 7.96. The van der Waals surface area contributed by atoms with Gasteiger partial charge in [-0.3, -0.25) is 10.3 Å². The molecule has 0 atom stereocenters. The fourth-order valence-corrected chi connectivity index (χ4v) is 6.03. The molecule has 248 valence electrons. The van der Waals surface area contributed by atoms with E-state index >= 15 is 0 Å². The van der Waals surface area contributed by atoms with Crippen molar-refractivity contribution in [1.29, 1.82) is 5.41 Å². The van der Waals surface area contributed by atoms with Crippen LogP contribution in [-0.4, -0.2) is 46.6 Å². The summed E-state index contributed by atoms with van der Waals surface area (Å²) in [5.41, 5.74) is 6.80. The van der Waals surface area contributed by atoms with Gasteiger partial charge in [0.1, 0.15) is 11.6 Å². The number of amidine groups is 1. The van der Waals surface area contributed by atoms with Crippen molar-refractivity contribution in [3.63, 3.8) is 0 Å². The Kier molecular flexibility index (Phi) is 13.0. The lowest BCUT2D eigenvalue weighted by Gasteiger charge is -2.22. The summed E-state index contributed by atoms with van der Waals surface area (Å²) in [4.78, 5) is 15.4. The van der Waals surface area contributed by atoms with Crippen LogP contribution >= 0.6 is 11.9 Å². The minimum absolute atomic E-state index is 0.0888. The van der Waals surface area contributed by atoms with E-state index in [0.717, 1.165) is 45.7 Å². The van der Waals surface area contributed by atoms with Gasteiger partial charge in [0.15, 0.2) is 0 Å². The average molecular weight is 653 g/mol. The number of ether oxygens (including phenoxy) is 1. The van der Waals surface area contributed by atoms with Crippen LogP contribution in [0.15, 0.2) is 102 Å². The maximum Gasteiger partial charge on any atom is 0.323 e. The minimum atomic E-state index is -0.234. The van der Waals surface area contributed by atoms with Crippen LogP contribution in [0.3, 0.4) is 0 Å². The van der Waals surface area contributed by atoms with Gasteiger partial charge in [0.05, 0.1) is 7.11 Å². The van der Waals surface area contributed by atoms with Crippen molar-refractivity contribution in [3.8, 4) is 16.9 Å². The Balaban J connectivity index is 1.26. The lowest BCUT2D eigenvalue weighted by Crippen LogP contribution is -2.43. The zero-order chi connectivity index (χ0) is 33.8. The number of amides is 2. The summed E-state index contributed by atoms with van der Waals surface area (Å²) in [6.07, 6.45) is 2.76. The third-order valence-corrected chi connectivity index (χ3v) is 9.00. The van der Waals surface area contributed by atoms with E-state index in [1.165, 1.54) is 32.4 Å². The smallest absolute Gasteiger partial charge is 0.323 e. The maximum atomic E-state index is 12.9. The van der Waals surface area contributed by atoms with Crippen LogP contribution in [-0.2, 0) is 24.8 Å². The lowest BCUT2D eigenvalue weighted by atomic mass is 9.87. The molecule has 4 aromatic rings. The molecule has 0 aliphatic carbocycles. The molecule has 0 heterocycles. The first kappa shape index (κ1) is 35.7. The van der Waals surface area contributed by atoms with Crippen molar-refractivity contribution in [3.05, 3.63) is 119 Å². The Morgan fingerprint density at radius 2 is 1.55 bits per heavy atom. The van der Waals surface area contributed by atoms with Gasteiger partial charge in [-0.05, 0) is 101 Å². The highest BCUT2D eigenvalue weighted by Crippen LogP contribution is 2.29. The van der Waals surface area contributed by atoms with E-state index in [1.54, 1.807) is 7.11 Å². The van der Waals surface area contributed by atoms with E-state index in [9.17, 15) is 10.0 Å². The van der Waals surface area contributed by atoms with E-state index in [1.807, 2.05) is 43.3 Å². The van der Waals surface area contributed by atoms with Crippen LogP contribution in [0.25, 0.3) is 11.1 Å². The van der Waals surface area contributed by atoms with Gasteiger partial charge in [-0.25, -0.2) is 4.79 Å². The molecule has 0 unspecified atom stereocenters. The first-order valence-corrected chi connectivity index (χ1v) is 17.0. The van der Waals surface area contributed by atoms with Crippen molar-refractivity contribution in [1.82, 2.24) is 14.7 Å². The van der Waals surface area contributed by atoms with Crippen molar-refractivity contribution in [2.24, 2.45) is 0 Å². The molecular weight excluding hydrogens is 605 g/mol. The number of hydroxylamine groups is 1. The van der Waals surface area contributed by atoms with E-state index in [-0.39, 0.29) is 11.4 Å². The molecule has 3 N–H and O–H groups in total. The molecule has 8 heteroatoms. The molecule has 4 aromatic carbocycles. The van der Waals surface area contributed by atoms with Gasteiger partial charge >= 0.3 is 6.03 Å². The van der Waals surface area contributed by atoms with E-state index < -0.39 is 0 Å². The highest BCUT2D eigenvalue weighted by atomic mass is 32.2. The van der Waals surface area contributed by atoms with E-state index in [2.05, 4.69) is 86.8 Å². The summed E-state index contributed by atoms with van der Waals surface area (Å²) in [5, 5.41) is 22.0. The second-order valence-corrected chi connectivity index (χ2v) is 13.7. The van der Waals surface area contributed by atoms with Crippen LogP contribution in [0.1, 0.15) is 62.8 Å². The third kappa shape index (κ3) is 10.7. The molecule has 7 nitrogen and oxygen atoms in total. The topological polar surface area (TPSA) is 88.9 Å². The fraction of sp³-hybridized carbons (Fsp3) is 0.333. The number of methoxy groups -OCH3 is 1. The molecule has 0 saturated carbocycles. The Labute approximate surface area is 284 Å². The number of rotatable bonds is 14. The van der Waals surface area contributed by atoms with Crippen LogP contribution < -0.4 is 10.1 Å². The van der Waals surface area contributed by atoms with Crippen molar-refractivity contribution < 1.29 is 14.7 Å². The molecule has 0 aromatic heterocycles. The Bertz CT molecular complexity index is 1590. The monoisotopic (exact) mass is 652 g/mol. The van der Waals surface area contributed by atoms with Crippen LogP contribution in [0.2, 0.25) is 0 Å². The largest absolute Gasteiger partial charge is 0.496 e. The van der Waals surface area contributed by atoms with Gasteiger partial charge in [-0.1, -0.05) is 93.6 Å². The number of urea groups is 1. The van der Waals surface area contributed by atoms with Crippen LogP contribution in [0, 0.1) is 5.41 Å². The van der Waals surface area contributed by atoms with Gasteiger partial charge in [-0.2, -0.15) is 0 Å². The predicted octanol–water partition coefficient (Wildman–Crippen LogP) is 9.13. The quantitative estimate of drug-likeness (QED) is 0.0547. The van der Waals surface area contributed by atoms with Gasteiger partial charge in [0.25, 0.3) is 0 Å². The molecule has 47 heavy (non-hydrogen) atoms. The Morgan fingerprint density at radius 1 is 0.894 bits per heavy atom. The summed E-state index contributed by atoms with van der Waals surface area (Å²) in [5.74, 6) is 1.13. The predicted molar refractivity (Wildman–Crippen MR) is 193 cm³/mol. The molecule has 0 bridgehead atoms. The molecule has 2 amide bonds. The zero-order valence-corrected chi connectivity index (χ0v) is 29.1. The number of benzene rings is 4. The maximum absolute atomic E-state index is 12.9. The second-order valence-electron chi connectivity index (χ2n) is 12.6. The minimum Gasteiger partial charge on any atom is -0.496 e. The SMILES string of the molecule is CCN(C(=N)CCCc1ccc(-c2ccc(OC)c(CCN(O)Sc3ccccc3)c2)cc1)C(=O)NCc1ccc(C(C)(C)C)cc1. The number of hydrogen-bond donors (Lipinski definition) is 3. The Hall–Kier alpha value is -4.11. The summed E-state index contributed by atoms with van der Waals surface area (Å²) < 4.78 is 6.86. The molecular formula is C39H48N4O3S. The molecule has 0 aliphatic rings. The summed E-state index contributed by atoms with van der Waals surface area (Å²) in [7, 11) is 1.67. The molecule has 0 radical (unpaired) electrons. The normalized spacial score (nSPS) is 11.4. The van der Waals surface area contributed by atoms with Crippen molar-refractivity contribution >= 4 is 23.8 Å². The lowest BCUT2D eigenvalue weighted by molar-refractivity contribution is 0.0180. The van der Waals surface area contributed by atoms with Gasteiger partial charge in [0.2, 0.25) is 0 Å². The molecule has 0 spiro atoms. The molecule has 0 fully saturated rings. The average Bonchev–Trinajstić information content (AvgIpc) is 3.07. The highest BCUT2D eigenvalue weighted by Gasteiger charge is 2.17. The summed E-state index contributed by atoms with van der Waals surface area (Å²) >= 11 is 1.31. The standard InChI is InChI=1S/C39H48N4O3S/c1-6-42(38(44)41-28-30-17-22-34(23-18-30)39(2,3)4)37(40)14-10-11-29-15-19-31(20-16-29)32-21-24-36(46-5)33(27-32)25-26-43(45)47-35-12-8-7-9-13-35/h7-9,12-13,15-24,27,40,45H,6,10-11,14,25-26,28H2,1-5H3,(H,41,44).